The molecule has 0 aliphatic heterocycles. The first-order valence-electron chi connectivity index (χ1n) is 5.91. The number of aromatic nitrogens is 1. The maximum Gasteiger partial charge on any atom is 0.323 e. The van der Waals surface area contributed by atoms with Crippen molar-refractivity contribution >= 4 is 27.8 Å². The minimum absolute atomic E-state index is 0.0904. The van der Waals surface area contributed by atoms with Gasteiger partial charge in [0, 0.05) is 23.3 Å². The van der Waals surface area contributed by atoms with Crippen LogP contribution >= 0.6 is 15.9 Å². The average molecular weight is 315 g/mol. The molecule has 1 aromatic rings. The Bertz CT molecular complexity index is 480. The molecular formula is C12H15BrN2O3. The number of carboxylic acids is 1. The molecule has 0 spiro atoms. The molecular weight excluding hydrogens is 300 g/mol. The van der Waals surface area contributed by atoms with Crippen LogP contribution in [0.4, 0.5) is 0 Å². The molecule has 6 heteroatoms. The molecule has 1 heterocycles. The summed E-state index contributed by atoms with van der Waals surface area (Å²) in [4.78, 5) is 24.7. The van der Waals surface area contributed by atoms with Crippen molar-refractivity contribution in [3.05, 3.63) is 22.4 Å². The Morgan fingerprint density at radius 1 is 1.56 bits per heavy atom. The van der Waals surface area contributed by atoms with E-state index < -0.39 is 5.97 Å². The van der Waals surface area contributed by atoms with Gasteiger partial charge in [0.1, 0.15) is 12.2 Å². The van der Waals surface area contributed by atoms with E-state index in [1.54, 1.807) is 6.07 Å². The zero-order valence-electron chi connectivity index (χ0n) is 10.1. The summed E-state index contributed by atoms with van der Waals surface area (Å²) in [5, 5.41) is 8.88. The highest BCUT2D eigenvalue weighted by Gasteiger charge is 2.35. The van der Waals surface area contributed by atoms with E-state index in [4.69, 9.17) is 5.11 Å². The van der Waals surface area contributed by atoms with Gasteiger partial charge in [-0.05, 0) is 41.8 Å². The summed E-state index contributed by atoms with van der Waals surface area (Å²) in [5.41, 5.74) is 0.539. The van der Waals surface area contributed by atoms with Gasteiger partial charge in [-0.3, -0.25) is 9.59 Å². The van der Waals surface area contributed by atoms with E-state index in [2.05, 4.69) is 15.9 Å². The second-order valence-electron chi connectivity index (χ2n) is 4.39. The fraction of sp³-hybridized carbons (Fsp3) is 0.500. The lowest BCUT2D eigenvalue weighted by Gasteiger charge is -2.20. The Hall–Kier alpha value is -1.30. The molecule has 0 bridgehead atoms. The van der Waals surface area contributed by atoms with Crippen LogP contribution in [-0.2, 0) is 11.3 Å². The summed E-state index contributed by atoms with van der Waals surface area (Å²) in [7, 11) is 0. The fourth-order valence-electron chi connectivity index (χ4n) is 1.96. The first-order chi connectivity index (χ1) is 8.52. The average Bonchev–Trinajstić information content (AvgIpc) is 3.08. The van der Waals surface area contributed by atoms with Crippen LogP contribution in [-0.4, -0.2) is 39.0 Å². The van der Waals surface area contributed by atoms with E-state index >= 15 is 0 Å². The van der Waals surface area contributed by atoms with Crippen molar-refractivity contribution in [3.8, 4) is 0 Å². The van der Waals surface area contributed by atoms with Crippen LogP contribution in [0, 0.1) is 0 Å². The summed E-state index contributed by atoms with van der Waals surface area (Å²) < 4.78 is 2.66. The van der Waals surface area contributed by atoms with Gasteiger partial charge in [-0.1, -0.05) is 0 Å². The summed E-state index contributed by atoms with van der Waals surface area (Å²) in [5.74, 6) is -1.17. The largest absolute Gasteiger partial charge is 0.480 e. The lowest BCUT2D eigenvalue weighted by Crippen LogP contribution is -2.38. The third-order valence-corrected chi connectivity index (χ3v) is 3.41. The number of halogens is 1. The maximum atomic E-state index is 12.4. The minimum atomic E-state index is -0.969. The van der Waals surface area contributed by atoms with Gasteiger partial charge in [0.15, 0.2) is 0 Å². The molecule has 1 saturated carbocycles. The summed E-state index contributed by atoms with van der Waals surface area (Å²) >= 11 is 3.34. The van der Waals surface area contributed by atoms with E-state index in [1.807, 2.05) is 17.7 Å². The number of carbonyl (C=O) groups is 2. The molecule has 0 aromatic carbocycles. The number of aliphatic carboxylic acids is 1. The van der Waals surface area contributed by atoms with Crippen LogP contribution in [0.1, 0.15) is 30.3 Å². The first-order valence-corrected chi connectivity index (χ1v) is 6.70. The molecule has 0 saturated heterocycles. The smallest absolute Gasteiger partial charge is 0.323 e. The van der Waals surface area contributed by atoms with E-state index in [9.17, 15) is 9.59 Å². The number of hydrogen-bond acceptors (Lipinski definition) is 2. The second-order valence-corrected chi connectivity index (χ2v) is 5.30. The molecule has 1 amide bonds. The number of aryl methyl sites for hydroxylation is 1. The zero-order chi connectivity index (χ0) is 13.3. The molecule has 1 N–H and O–H groups in total. The van der Waals surface area contributed by atoms with Crippen molar-refractivity contribution in [2.75, 3.05) is 6.54 Å². The number of nitrogens with zero attached hydrogens (tertiary/aromatic N) is 2. The predicted molar refractivity (Wildman–Crippen MR) is 69.5 cm³/mol. The highest BCUT2D eigenvalue weighted by molar-refractivity contribution is 9.10. The molecule has 1 aliphatic carbocycles. The third-order valence-electron chi connectivity index (χ3n) is 2.98. The molecule has 98 valence electrons. The second kappa shape index (κ2) is 5.14. The van der Waals surface area contributed by atoms with Gasteiger partial charge in [-0.2, -0.15) is 0 Å². The van der Waals surface area contributed by atoms with Gasteiger partial charge in [0.2, 0.25) is 0 Å². The molecule has 18 heavy (non-hydrogen) atoms. The Balaban J connectivity index is 2.24. The zero-order valence-corrected chi connectivity index (χ0v) is 11.7. The maximum absolute atomic E-state index is 12.4. The number of hydrogen-bond donors (Lipinski definition) is 1. The third kappa shape index (κ3) is 2.75. The van der Waals surface area contributed by atoms with Gasteiger partial charge in [0.25, 0.3) is 5.91 Å². The van der Waals surface area contributed by atoms with Crippen molar-refractivity contribution in [1.82, 2.24) is 9.47 Å². The number of carboxylic acid groups (broad SMARTS) is 1. The van der Waals surface area contributed by atoms with Crippen LogP contribution in [0.3, 0.4) is 0 Å². The topological polar surface area (TPSA) is 62.5 Å². The van der Waals surface area contributed by atoms with Gasteiger partial charge >= 0.3 is 5.97 Å². The quantitative estimate of drug-likeness (QED) is 0.903. The van der Waals surface area contributed by atoms with Gasteiger partial charge < -0.3 is 14.6 Å². The fourth-order valence-corrected chi connectivity index (χ4v) is 2.43. The summed E-state index contributed by atoms with van der Waals surface area (Å²) in [6, 6.07) is 1.83. The SMILES string of the molecule is CCn1cc(Br)cc1C(=O)N(CC(=O)O)C1CC1. The number of amides is 1. The first kappa shape index (κ1) is 13.1. The molecule has 0 atom stereocenters. The van der Waals surface area contributed by atoms with Crippen LogP contribution < -0.4 is 0 Å². The highest BCUT2D eigenvalue weighted by atomic mass is 79.9. The Morgan fingerprint density at radius 2 is 2.22 bits per heavy atom. The predicted octanol–water partition coefficient (Wildman–Crippen LogP) is 1.96. The molecule has 0 radical (unpaired) electrons. The van der Waals surface area contributed by atoms with Gasteiger partial charge in [-0.15, -0.1) is 0 Å². The van der Waals surface area contributed by atoms with Crippen LogP contribution in [0.5, 0.6) is 0 Å². The normalized spacial score (nSPS) is 14.6. The monoisotopic (exact) mass is 314 g/mol. The van der Waals surface area contributed by atoms with Crippen molar-refractivity contribution in [1.29, 1.82) is 0 Å². The lowest BCUT2D eigenvalue weighted by molar-refractivity contribution is -0.137. The molecule has 1 fully saturated rings. The van der Waals surface area contributed by atoms with Gasteiger partial charge in [0.05, 0.1) is 0 Å². The van der Waals surface area contributed by atoms with Crippen LogP contribution in [0.15, 0.2) is 16.7 Å². The van der Waals surface area contributed by atoms with Crippen molar-refractivity contribution in [3.63, 3.8) is 0 Å². The van der Waals surface area contributed by atoms with E-state index in [0.717, 1.165) is 17.3 Å². The molecule has 0 unspecified atom stereocenters. The van der Waals surface area contributed by atoms with E-state index in [-0.39, 0.29) is 18.5 Å². The van der Waals surface area contributed by atoms with Crippen molar-refractivity contribution in [2.24, 2.45) is 0 Å². The summed E-state index contributed by atoms with van der Waals surface area (Å²) in [6.45, 7) is 2.40. The highest BCUT2D eigenvalue weighted by Crippen LogP contribution is 2.28. The van der Waals surface area contributed by atoms with E-state index in [0.29, 0.717) is 12.2 Å². The molecule has 1 aliphatic rings. The Labute approximate surface area is 114 Å². The van der Waals surface area contributed by atoms with Gasteiger partial charge in [-0.25, -0.2) is 0 Å². The van der Waals surface area contributed by atoms with E-state index in [1.165, 1.54) is 4.90 Å². The Kier molecular flexibility index (Phi) is 3.75. The number of carbonyl (C=O) groups excluding carboxylic acids is 1. The molecule has 5 nitrogen and oxygen atoms in total. The Morgan fingerprint density at radius 3 is 2.72 bits per heavy atom. The minimum Gasteiger partial charge on any atom is -0.480 e. The lowest BCUT2D eigenvalue weighted by atomic mass is 10.3. The standard InChI is InChI=1S/C12H15BrN2O3/c1-2-14-6-8(13)5-10(14)12(18)15(7-11(16)17)9-3-4-9/h5-6,9H,2-4,7H2,1H3,(H,16,17). The summed E-state index contributed by atoms with van der Waals surface area (Å²) in [6.07, 6.45) is 3.62. The van der Waals surface area contributed by atoms with Crippen LogP contribution in [0.2, 0.25) is 0 Å². The van der Waals surface area contributed by atoms with Crippen molar-refractivity contribution in [2.45, 2.75) is 32.4 Å². The number of rotatable bonds is 5. The van der Waals surface area contributed by atoms with Crippen LogP contribution in [0.25, 0.3) is 0 Å². The van der Waals surface area contributed by atoms with Crippen molar-refractivity contribution < 1.29 is 14.7 Å². The molecule has 2 rings (SSSR count). The molecule has 1 aromatic heterocycles.